The number of halogens is 4. The monoisotopic (exact) mass is 584 g/mol. The third-order valence-corrected chi connectivity index (χ3v) is 7.33. The summed E-state index contributed by atoms with van der Waals surface area (Å²) >= 11 is 0. The van der Waals surface area contributed by atoms with Crippen LogP contribution >= 0.6 is 0 Å². The van der Waals surface area contributed by atoms with E-state index in [2.05, 4.69) is 20.5 Å². The summed E-state index contributed by atoms with van der Waals surface area (Å²) in [6.07, 6.45) is -1.65. The fourth-order valence-corrected chi connectivity index (χ4v) is 4.85. The average Bonchev–Trinajstić information content (AvgIpc) is 3.81. The first-order chi connectivity index (χ1) is 19.8. The van der Waals surface area contributed by atoms with Gasteiger partial charge in [0.2, 0.25) is 0 Å². The molecule has 4 aromatic rings. The quantitative estimate of drug-likeness (QED) is 0.232. The molecule has 1 fully saturated rings. The molecule has 2 heterocycles. The predicted molar refractivity (Wildman–Crippen MR) is 145 cm³/mol. The maximum atomic E-state index is 15.6. The molecule has 0 spiro atoms. The Hall–Kier alpha value is -4.16. The molecule has 8 nitrogen and oxygen atoms in total. The highest BCUT2D eigenvalue weighted by atomic mass is 19.3. The van der Waals surface area contributed by atoms with Gasteiger partial charge >= 0.3 is 0 Å². The van der Waals surface area contributed by atoms with Crippen LogP contribution in [-0.2, 0) is 11.2 Å². The van der Waals surface area contributed by atoms with Crippen LogP contribution in [0.1, 0.15) is 60.4 Å². The summed E-state index contributed by atoms with van der Waals surface area (Å²) in [5.74, 6) is -2.19. The first kappa shape index (κ1) is 29.3. The van der Waals surface area contributed by atoms with E-state index in [4.69, 9.17) is 4.74 Å². The lowest BCUT2D eigenvalue weighted by Crippen LogP contribution is -2.43. The molecule has 0 bridgehead atoms. The van der Waals surface area contributed by atoms with Crippen LogP contribution in [0.25, 0.3) is 22.2 Å². The zero-order valence-electron chi connectivity index (χ0n) is 23.0. The molecule has 42 heavy (non-hydrogen) atoms. The molecule has 1 saturated carbocycles. The number of amides is 1. The number of aromatic nitrogens is 3. The Kier molecular flexibility index (Phi) is 7.62. The number of benzene rings is 2. The topological polar surface area (TPSA) is 117 Å². The van der Waals surface area contributed by atoms with Crippen molar-refractivity contribution in [3.63, 3.8) is 0 Å². The standard InChI is InChI=1S/C30H28F4N4O4/c1-29(2,40)20-13-23(36-26(24(20)32)15-4-8-19(31)9-5-15)30(41,18-6-7-18)14-35-28(39)17-10-16-11-21(27(33)34)37-38-25(16)22(12-17)42-3/h4-5,8-13,18,27,40-41H,6-7,14H2,1-3H3,(H,35,39). The maximum absolute atomic E-state index is 15.6. The summed E-state index contributed by atoms with van der Waals surface area (Å²) in [6.45, 7) is 2.44. The molecule has 1 unspecified atom stereocenters. The lowest BCUT2D eigenvalue weighted by atomic mass is 9.87. The minimum absolute atomic E-state index is 0.0242. The second-order valence-electron chi connectivity index (χ2n) is 10.9. The van der Waals surface area contributed by atoms with Gasteiger partial charge in [-0.2, -0.15) is 0 Å². The van der Waals surface area contributed by atoms with Crippen LogP contribution in [0.5, 0.6) is 5.75 Å². The Morgan fingerprint density at radius 3 is 2.36 bits per heavy atom. The Morgan fingerprint density at radius 2 is 1.76 bits per heavy atom. The van der Waals surface area contributed by atoms with Crippen molar-refractivity contribution in [2.45, 2.75) is 44.3 Å². The molecule has 2 aromatic carbocycles. The van der Waals surface area contributed by atoms with Crippen LogP contribution in [0.3, 0.4) is 0 Å². The highest BCUT2D eigenvalue weighted by molar-refractivity contribution is 5.99. The first-order valence-electron chi connectivity index (χ1n) is 13.2. The lowest BCUT2D eigenvalue weighted by molar-refractivity contribution is 0.00864. The van der Waals surface area contributed by atoms with Crippen molar-refractivity contribution in [1.82, 2.24) is 20.5 Å². The first-order valence-corrected chi connectivity index (χ1v) is 13.2. The van der Waals surface area contributed by atoms with Gasteiger partial charge in [0.15, 0.2) is 5.82 Å². The average molecular weight is 585 g/mol. The number of fused-ring (bicyclic) bond motifs is 1. The van der Waals surface area contributed by atoms with E-state index >= 15 is 4.39 Å². The second-order valence-corrected chi connectivity index (χ2v) is 10.9. The third-order valence-electron chi connectivity index (χ3n) is 7.33. The van der Waals surface area contributed by atoms with Gasteiger partial charge in [0.1, 0.15) is 34.1 Å². The van der Waals surface area contributed by atoms with Crippen LogP contribution in [0, 0.1) is 17.6 Å². The Morgan fingerprint density at radius 1 is 1.07 bits per heavy atom. The normalized spacial score (nSPS) is 15.1. The Labute approximate surface area is 238 Å². The van der Waals surface area contributed by atoms with Crippen LogP contribution in [0.15, 0.2) is 48.5 Å². The van der Waals surface area contributed by atoms with Gasteiger partial charge < -0.3 is 20.3 Å². The number of hydrogen-bond donors (Lipinski definition) is 3. The fraction of sp³-hybridized carbons (Fsp3) is 0.333. The van der Waals surface area contributed by atoms with Crippen molar-refractivity contribution >= 4 is 16.8 Å². The van der Waals surface area contributed by atoms with Crippen molar-refractivity contribution in [3.05, 3.63) is 82.7 Å². The number of methoxy groups -OCH3 is 1. The van der Waals surface area contributed by atoms with Gasteiger partial charge in [-0.05, 0) is 81.1 Å². The number of alkyl halides is 2. The number of carbonyl (C=O) groups excluding carboxylic acids is 1. The summed E-state index contributed by atoms with van der Waals surface area (Å²) in [4.78, 5) is 17.7. The van der Waals surface area contributed by atoms with Crippen molar-refractivity contribution in [2.24, 2.45) is 5.92 Å². The van der Waals surface area contributed by atoms with E-state index in [-0.39, 0.29) is 57.2 Å². The minimum atomic E-state index is -2.87. The van der Waals surface area contributed by atoms with Gasteiger partial charge in [0.25, 0.3) is 12.3 Å². The molecule has 3 N–H and O–H groups in total. The number of carbonyl (C=O) groups is 1. The number of pyridine rings is 1. The number of nitrogens with one attached hydrogen (secondary N) is 1. The largest absolute Gasteiger partial charge is 0.494 e. The van der Waals surface area contributed by atoms with Gasteiger partial charge in [-0.3, -0.25) is 4.79 Å². The number of hydrogen-bond acceptors (Lipinski definition) is 7. The van der Waals surface area contributed by atoms with E-state index in [0.29, 0.717) is 12.8 Å². The molecule has 0 saturated heterocycles. The van der Waals surface area contributed by atoms with Crippen molar-refractivity contribution in [3.8, 4) is 17.0 Å². The number of ether oxygens (including phenoxy) is 1. The summed E-state index contributed by atoms with van der Waals surface area (Å²) in [5.41, 5.74) is -3.80. The summed E-state index contributed by atoms with van der Waals surface area (Å²) in [5, 5.41) is 32.8. The van der Waals surface area contributed by atoms with E-state index in [1.807, 2.05) is 0 Å². The number of aliphatic hydroxyl groups is 2. The van der Waals surface area contributed by atoms with E-state index in [9.17, 15) is 28.2 Å². The van der Waals surface area contributed by atoms with Crippen LogP contribution in [0.4, 0.5) is 17.6 Å². The van der Waals surface area contributed by atoms with Crippen molar-refractivity contribution in [1.29, 1.82) is 0 Å². The van der Waals surface area contributed by atoms with Crippen molar-refractivity contribution in [2.75, 3.05) is 13.7 Å². The van der Waals surface area contributed by atoms with Gasteiger partial charge in [-0.1, -0.05) is 0 Å². The van der Waals surface area contributed by atoms with Crippen LogP contribution < -0.4 is 10.1 Å². The molecule has 2 aromatic heterocycles. The number of rotatable bonds is 9. The van der Waals surface area contributed by atoms with Crippen LogP contribution in [-0.4, -0.2) is 45.0 Å². The smallest absolute Gasteiger partial charge is 0.282 e. The van der Waals surface area contributed by atoms with Gasteiger partial charge in [-0.15, -0.1) is 10.2 Å². The third kappa shape index (κ3) is 5.64. The van der Waals surface area contributed by atoms with Gasteiger partial charge in [0.05, 0.1) is 24.9 Å². The molecule has 0 aliphatic heterocycles. The molecule has 5 rings (SSSR count). The molecule has 1 amide bonds. The molecular formula is C30H28F4N4O4. The van der Waals surface area contributed by atoms with Gasteiger partial charge in [-0.25, -0.2) is 22.5 Å². The second kappa shape index (κ2) is 10.9. The van der Waals surface area contributed by atoms with Crippen LogP contribution in [0.2, 0.25) is 0 Å². The molecule has 12 heteroatoms. The summed E-state index contributed by atoms with van der Waals surface area (Å²) in [7, 11) is 1.34. The lowest BCUT2D eigenvalue weighted by Gasteiger charge is -2.31. The van der Waals surface area contributed by atoms with E-state index < -0.39 is 40.9 Å². The molecule has 0 radical (unpaired) electrons. The molecule has 1 atom stereocenters. The zero-order chi connectivity index (χ0) is 30.4. The summed E-state index contributed by atoms with van der Waals surface area (Å²) < 4.78 is 60.9. The highest BCUT2D eigenvalue weighted by Crippen LogP contribution is 2.46. The van der Waals surface area contributed by atoms with E-state index in [1.165, 1.54) is 51.3 Å². The van der Waals surface area contributed by atoms with Gasteiger partial charge in [0, 0.05) is 22.1 Å². The fourth-order valence-electron chi connectivity index (χ4n) is 4.85. The van der Waals surface area contributed by atoms with E-state index in [1.54, 1.807) is 0 Å². The SMILES string of the molecule is COc1cc(C(=O)NCC(O)(c2cc(C(C)(C)O)c(F)c(-c3ccc(F)cc3)n2)C2CC2)cc2cc(C(F)F)nnc12. The van der Waals surface area contributed by atoms with Crippen molar-refractivity contribution < 1.29 is 37.3 Å². The molecular weight excluding hydrogens is 556 g/mol. The van der Waals surface area contributed by atoms with E-state index in [0.717, 1.165) is 18.2 Å². The zero-order valence-corrected chi connectivity index (χ0v) is 23.0. The summed E-state index contributed by atoms with van der Waals surface area (Å²) in [6, 6.07) is 10.1. The Bertz CT molecular complexity index is 1660. The molecule has 220 valence electrons. The molecule has 1 aliphatic rings. The highest BCUT2D eigenvalue weighted by Gasteiger charge is 2.47. The Balaban J connectivity index is 1.52. The maximum Gasteiger partial charge on any atom is 0.282 e. The number of nitrogens with zero attached hydrogens (tertiary/aromatic N) is 3. The predicted octanol–water partition coefficient (Wildman–Crippen LogP) is 5.17. The minimum Gasteiger partial charge on any atom is -0.494 e. The molecule has 1 aliphatic carbocycles.